The molecule has 2 amide bonds. The molecule has 0 bridgehead atoms. The second-order valence-corrected chi connectivity index (χ2v) is 7.55. The Bertz CT molecular complexity index is 1030. The maximum absolute atomic E-state index is 13.4. The Morgan fingerprint density at radius 3 is 2.53 bits per heavy atom. The van der Waals surface area contributed by atoms with Crippen LogP contribution in [0.3, 0.4) is 0 Å². The Hall–Kier alpha value is -3.43. The van der Waals surface area contributed by atoms with E-state index in [9.17, 15) is 9.18 Å². The number of anilines is 2. The quantitative estimate of drug-likeness (QED) is 0.493. The number of nitrogens with zero attached hydrogens (tertiary/aromatic N) is 3. The SMILES string of the molecule is Nc1c(NC(=O)NCCCN2CCOCC2)c(-c2ccccc2)nn1-c1ccc(F)cc1. The maximum Gasteiger partial charge on any atom is 0.319 e. The summed E-state index contributed by atoms with van der Waals surface area (Å²) in [5, 5.41) is 10.3. The molecule has 1 aromatic heterocycles. The molecular weight excluding hydrogens is 411 g/mol. The number of carbonyl (C=O) groups excluding carboxylic acids is 1. The molecule has 1 aliphatic heterocycles. The smallest absolute Gasteiger partial charge is 0.319 e. The van der Waals surface area contributed by atoms with Crippen LogP contribution in [0.4, 0.5) is 20.7 Å². The molecule has 3 aromatic rings. The van der Waals surface area contributed by atoms with Gasteiger partial charge in [0, 0.05) is 25.2 Å². The summed E-state index contributed by atoms with van der Waals surface area (Å²) >= 11 is 0. The van der Waals surface area contributed by atoms with E-state index in [1.165, 1.54) is 16.8 Å². The van der Waals surface area contributed by atoms with Gasteiger partial charge in [-0.25, -0.2) is 13.9 Å². The van der Waals surface area contributed by atoms with Gasteiger partial charge in [0.2, 0.25) is 0 Å². The molecule has 0 spiro atoms. The fourth-order valence-electron chi connectivity index (χ4n) is 3.62. The summed E-state index contributed by atoms with van der Waals surface area (Å²) in [7, 11) is 0. The van der Waals surface area contributed by atoms with E-state index < -0.39 is 0 Å². The number of hydrogen-bond donors (Lipinski definition) is 3. The third-order valence-electron chi connectivity index (χ3n) is 5.32. The molecule has 0 atom stereocenters. The minimum absolute atomic E-state index is 0.263. The average molecular weight is 439 g/mol. The van der Waals surface area contributed by atoms with Crippen LogP contribution in [0, 0.1) is 5.82 Å². The number of rotatable bonds is 7. The van der Waals surface area contributed by atoms with E-state index in [0.717, 1.165) is 44.8 Å². The van der Waals surface area contributed by atoms with Gasteiger partial charge >= 0.3 is 6.03 Å². The molecule has 8 nitrogen and oxygen atoms in total. The van der Waals surface area contributed by atoms with Crippen molar-refractivity contribution in [2.45, 2.75) is 6.42 Å². The fraction of sp³-hybridized carbons (Fsp3) is 0.304. The molecule has 0 aliphatic carbocycles. The van der Waals surface area contributed by atoms with Crippen LogP contribution in [-0.2, 0) is 4.74 Å². The number of benzene rings is 2. The lowest BCUT2D eigenvalue weighted by Gasteiger charge is -2.26. The van der Waals surface area contributed by atoms with Crippen LogP contribution in [0.1, 0.15) is 6.42 Å². The number of amides is 2. The molecule has 2 aromatic carbocycles. The lowest BCUT2D eigenvalue weighted by Crippen LogP contribution is -2.38. The van der Waals surface area contributed by atoms with E-state index in [1.807, 2.05) is 30.3 Å². The van der Waals surface area contributed by atoms with Gasteiger partial charge in [-0.05, 0) is 37.2 Å². The topological polar surface area (TPSA) is 97.4 Å². The van der Waals surface area contributed by atoms with Crippen LogP contribution in [0.2, 0.25) is 0 Å². The van der Waals surface area contributed by atoms with Crippen molar-refractivity contribution in [3.05, 3.63) is 60.4 Å². The molecular formula is C23H27FN6O2. The van der Waals surface area contributed by atoms with E-state index in [0.29, 0.717) is 23.6 Å². The van der Waals surface area contributed by atoms with Gasteiger partial charge in [0.05, 0.1) is 18.9 Å². The first kappa shape index (κ1) is 21.8. The molecule has 4 N–H and O–H groups in total. The number of nitrogens with two attached hydrogens (primary N) is 1. The summed E-state index contributed by atoms with van der Waals surface area (Å²) in [5.41, 5.74) is 8.71. The molecule has 168 valence electrons. The van der Waals surface area contributed by atoms with Crippen molar-refractivity contribution >= 4 is 17.5 Å². The molecule has 32 heavy (non-hydrogen) atoms. The second kappa shape index (κ2) is 10.3. The summed E-state index contributed by atoms with van der Waals surface area (Å²) in [4.78, 5) is 14.9. The van der Waals surface area contributed by atoms with E-state index in [-0.39, 0.29) is 17.7 Å². The number of morpholine rings is 1. The maximum atomic E-state index is 13.4. The fourth-order valence-corrected chi connectivity index (χ4v) is 3.62. The molecule has 0 radical (unpaired) electrons. The lowest BCUT2D eigenvalue weighted by atomic mass is 10.1. The highest BCUT2D eigenvalue weighted by molar-refractivity contribution is 5.97. The lowest BCUT2D eigenvalue weighted by molar-refractivity contribution is 0.0375. The van der Waals surface area contributed by atoms with Gasteiger partial charge in [-0.2, -0.15) is 5.10 Å². The highest BCUT2D eigenvalue weighted by atomic mass is 19.1. The van der Waals surface area contributed by atoms with E-state index >= 15 is 0 Å². The van der Waals surface area contributed by atoms with Gasteiger partial charge < -0.3 is 21.1 Å². The van der Waals surface area contributed by atoms with Crippen molar-refractivity contribution in [3.8, 4) is 16.9 Å². The van der Waals surface area contributed by atoms with Crippen molar-refractivity contribution < 1.29 is 13.9 Å². The van der Waals surface area contributed by atoms with Crippen molar-refractivity contribution in [1.82, 2.24) is 20.0 Å². The number of ether oxygens (including phenoxy) is 1. The number of carbonyl (C=O) groups is 1. The van der Waals surface area contributed by atoms with E-state index in [4.69, 9.17) is 10.5 Å². The van der Waals surface area contributed by atoms with E-state index in [2.05, 4.69) is 20.6 Å². The summed E-state index contributed by atoms with van der Waals surface area (Å²) in [6.07, 6.45) is 0.837. The Morgan fingerprint density at radius 2 is 1.81 bits per heavy atom. The first-order chi connectivity index (χ1) is 15.6. The third-order valence-corrected chi connectivity index (χ3v) is 5.32. The number of nitrogens with one attached hydrogen (secondary N) is 2. The zero-order valence-corrected chi connectivity index (χ0v) is 17.8. The van der Waals surface area contributed by atoms with Crippen LogP contribution in [0.25, 0.3) is 16.9 Å². The largest absolute Gasteiger partial charge is 0.382 e. The standard InChI is InChI=1S/C23H27FN6O2/c24-18-7-9-19(10-8-18)30-22(25)21(20(28-30)17-5-2-1-3-6-17)27-23(31)26-11-4-12-29-13-15-32-16-14-29/h1-3,5-10H,4,11-16,25H2,(H2,26,27,31). The third kappa shape index (κ3) is 5.24. The molecule has 1 saturated heterocycles. The number of aromatic nitrogens is 2. The van der Waals surface area contributed by atoms with Crippen molar-refractivity contribution in [3.63, 3.8) is 0 Å². The predicted octanol–water partition coefficient (Wildman–Crippen LogP) is 3.10. The van der Waals surface area contributed by atoms with Crippen molar-refractivity contribution in [2.75, 3.05) is 50.4 Å². The van der Waals surface area contributed by atoms with Crippen LogP contribution < -0.4 is 16.4 Å². The molecule has 1 fully saturated rings. The van der Waals surface area contributed by atoms with Crippen molar-refractivity contribution in [1.29, 1.82) is 0 Å². The number of hydrogen-bond acceptors (Lipinski definition) is 5. The summed E-state index contributed by atoms with van der Waals surface area (Å²) in [6.45, 7) is 4.80. The minimum Gasteiger partial charge on any atom is -0.382 e. The normalized spacial score (nSPS) is 14.3. The minimum atomic E-state index is -0.352. The molecule has 0 unspecified atom stereocenters. The summed E-state index contributed by atoms with van der Waals surface area (Å²) < 4.78 is 20.2. The summed E-state index contributed by atoms with van der Waals surface area (Å²) in [5.74, 6) is -0.0866. The molecule has 1 aliphatic rings. The van der Waals surface area contributed by atoms with Crippen LogP contribution >= 0.6 is 0 Å². The Balaban J connectivity index is 1.47. The van der Waals surface area contributed by atoms with Gasteiger partial charge in [0.1, 0.15) is 17.2 Å². The van der Waals surface area contributed by atoms with E-state index in [1.54, 1.807) is 12.1 Å². The first-order valence-electron chi connectivity index (χ1n) is 10.7. The number of halogens is 1. The van der Waals surface area contributed by atoms with Crippen LogP contribution in [0.15, 0.2) is 54.6 Å². The zero-order chi connectivity index (χ0) is 22.3. The monoisotopic (exact) mass is 438 g/mol. The Labute approximate surface area is 186 Å². The second-order valence-electron chi connectivity index (χ2n) is 7.55. The average Bonchev–Trinajstić information content (AvgIpc) is 3.14. The van der Waals surface area contributed by atoms with Gasteiger partial charge in [-0.1, -0.05) is 30.3 Å². The van der Waals surface area contributed by atoms with Crippen LogP contribution in [-0.4, -0.2) is 60.1 Å². The highest BCUT2D eigenvalue weighted by Crippen LogP contribution is 2.34. The summed E-state index contributed by atoms with van der Waals surface area (Å²) in [6, 6.07) is 15.0. The van der Waals surface area contributed by atoms with Gasteiger partial charge in [-0.3, -0.25) is 4.90 Å². The number of nitrogen functional groups attached to an aromatic ring is 1. The molecule has 2 heterocycles. The van der Waals surface area contributed by atoms with Gasteiger partial charge in [-0.15, -0.1) is 0 Å². The van der Waals surface area contributed by atoms with Crippen LogP contribution in [0.5, 0.6) is 0 Å². The first-order valence-corrected chi connectivity index (χ1v) is 10.7. The van der Waals surface area contributed by atoms with Crippen molar-refractivity contribution in [2.24, 2.45) is 0 Å². The highest BCUT2D eigenvalue weighted by Gasteiger charge is 2.20. The molecule has 0 saturated carbocycles. The van der Waals surface area contributed by atoms with Gasteiger partial charge in [0.15, 0.2) is 5.82 Å². The van der Waals surface area contributed by atoms with Gasteiger partial charge in [0.25, 0.3) is 0 Å². The zero-order valence-electron chi connectivity index (χ0n) is 17.8. The Kier molecular flexibility index (Phi) is 6.98. The predicted molar refractivity (Wildman–Crippen MR) is 122 cm³/mol. The number of urea groups is 1. The molecule has 9 heteroatoms. The molecule has 4 rings (SSSR count). The Morgan fingerprint density at radius 1 is 1.09 bits per heavy atom.